The lowest BCUT2D eigenvalue weighted by Crippen LogP contribution is -2.20. The Balaban J connectivity index is 1.55. The first kappa shape index (κ1) is 19.5. The zero-order valence-corrected chi connectivity index (χ0v) is 16.0. The summed E-state index contributed by atoms with van der Waals surface area (Å²) in [6.45, 7) is 2.55. The number of nitriles is 1. The van der Waals surface area contributed by atoms with Crippen molar-refractivity contribution in [1.82, 2.24) is 15.1 Å². The minimum atomic E-state index is 0.443. The molecule has 0 unspecified atom stereocenters. The normalized spacial score (nSPS) is 10.4. The molecule has 3 rings (SSSR count). The minimum Gasteiger partial charge on any atom is -0.497 e. The third-order valence-corrected chi connectivity index (χ3v) is 4.26. The van der Waals surface area contributed by atoms with Gasteiger partial charge in [-0.1, -0.05) is 30.3 Å². The van der Waals surface area contributed by atoms with E-state index in [1.54, 1.807) is 7.11 Å². The maximum Gasteiger partial charge on any atom is 0.119 e. The summed E-state index contributed by atoms with van der Waals surface area (Å²) in [7, 11) is 1.64. The summed E-state index contributed by atoms with van der Waals surface area (Å²) in [5.74, 6) is 1.63. The van der Waals surface area contributed by atoms with Crippen LogP contribution >= 0.6 is 0 Å². The van der Waals surface area contributed by atoms with Crippen molar-refractivity contribution in [3.05, 3.63) is 66.4 Å². The van der Waals surface area contributed by atoms with Gasteiger partial charge in [0.05, 0.1) is 31.8 Å². The van der Waals surface area contributed by atoms with Crippen LogP contribution in [-0.4, -0.2) is 30.0 Å². The fourth-order valence-corrected chi connectivity index (χ4v) is 2.85. The standard InChI is InChI=1S/C22H24N4O2/c1-27-20-8-10-21(11-9-20)28-15-13-24-16-19-17-26(14-5-12-23)25-22(19)18-6-3-2-4-7-18/h2-4,6-11,17,24H,5,13-16H2,1H3. The topological polar surface area (TPSA) is 72.1 Å². The molecule has 0 fully saturated rings. The minimum absolute atomic E-state index is 0.443. The summed E-state index contributed by atoms with van der Waals surface area (Å²) in [6, 6.07) is 19.8. The Bertz CT molecular complexity index is 899. The van der Waals surface area contributed by atoms with Crippen LogP contribution in [0.2, 0.25) is 0 Å². The van der Waals surface area contributed by atoms with E-state index in [1.807, 2.05) is 65.5 Å². The van der Waals surface area contributed by atoms with Gasteiger partial charge in [-0.05, 0) is 24.3 Å². The number of ether oxygens (including phenoxy) is 2. The predicted molar refractivity (Wildman–Crippen MR) is 108 cm³/mol. The number of rotatable bonds is 10. The molecule has 0 saturated carbocycles. The molecule has 6 nitrogen and oxygen atoms in total. The molecule has 0 spiro atoms. The number of hydrogen-bond donors (Lipinski definition) is 1. The van der Waals surface area contributed by atoms with Crippen LogP contribution in [0.15, 0.2) is 60.8 Å². The van der Waals surface area contributed by atoms with Gasteiger partial charge in [-0.15, -0.1) is 0 Å². The van der Waals surface area contributed by atoms with Gasteiger partial charge in [0, 0.05) is 30.4 Å². The van der Waals surface area contributed by atoms with Gasteiger partial charge in [-0.3, -0.25) is 4.68 Å². The van der Waals surface area contributed by atoms with E-state index in [4.69, 9.17) is 14.7 Å². The lowest BCUT2D eigenvalue weighted by Gasteiger charge is -2.08. The number of methoxy groups -OCH3 is 1. The number of hydrogen-bond acceptors (Lipinski definition) is 5. The highest BCUT2D eigenvalue weighted by Crippen LogP contribution is 2.22. The van der Waals surface area contributed by atoms with Crippen LogP contribution in [0.3, 0.4) is 0 Å². The summed E-state index contributed by atoms with van der Waals surface area (Å²) in [5.41, 5.74) is 3.13. The third-order valence-electron chi connectivity index (χ3n) is 4.26. The van der Waals surface area contributed by atoms with Crippen molar-refractivity contribution < 1.29 is 9.47 Å². The van der Waals surface area contributed by atoms with E-state index in [0.29, 0.717) is 32.7 Å². The van der Waals surface area contributed by atoms with Crippen LogP contribution < -0.4 is 14.8 Å². The zero-order chi connectivity index (χ0) is 19.6. The zero-order valence-electron chi connectivity index (χ0n) is 16.0. The van der Waals surface area contributed by atoms with E-state index in [-0.39, 0.29) is 0 Å². The fourth-order valence-electron chi connectivity index (χ4n) is 2.85. The lowest BCUT2D eigenvalue weighted by molar-refractivity contribution is 0.313. The van der Waals surface area contributed by atoms with E-state index >= 15 is 0 Å². The van der Waals surface area contributed by atoms with Gasteiger partial charge in [0.1, 0.15) is 18.1 Å². The Morgan fingerprint density at radius 3 is 2.54 bits per heavy atom. The van der Waals surface area contributed by atoms with Crippen molar-refractivity contribution in [2.24, 2.45) is 0 Å². The van der Waals surface area contributed by atoms with Crippen molar-refractivity contribution in [2.75, 3.05) is 20.3 Å². The molecule has 0 aliphatic heterocycles. The SMILES string of the molecule is COc1ccc(OCCNCc2cn(CCC#N)nc2-c2ccccc2)cc1. The smallest absolute Gasteiger partial charge is 0.119 e. The molecular formula is C22H24N4O2. The van der Waals surface area contributed by atoms with Gasteiger partial charge in [-0.25, -0.2) is 0 Å². The van der Waals surface area contributed by atoms with Gasteiger partial charge < -0.3 is 14.8 Å². The molecular weight excluding hydrogens is 352 g/mol. The average Bonchev–Trinajstić information content (AvgIpc) is 3.16. The number of aryl methyl sites for hydroxylation is 1. The molecule has 2 aromatic carbocycles. The first-order valence-electron chi connectivity index (χ1n) is 9.26. The van der Waals surface area contributed by atoms with Crippen LogP contribution in [-0.2, 0) is 13.1 Å². The molecule has 3 aromatic rings. The molecule has 0 radical (unpaired) electrons. The summed E-state index contributed by atoms with van der Waals surface area (Å²) < 4.78 is 12.7. The Labute approximate surface area is 165 Å². The van der Waals surface area contributed by atoms with Crippen molar-refractivity contribution in [1.29, 1.82) is 5.26 Å². The summed E-state index contributed by atoms with van der Waals surface area (Å²) >= 11 is 0. The highest BCUT2D eigenvalue weighted by Gasteiger charge is 2.10. The van der Waals surface area contributed by atoms with Crippen LogP contribution in [0.1, 0.15) is 12.0 Å². The first-order chi connectivity index (χ1) is 13.8. The molecule has 0 atom stereocenters. The molecule has 0 aliphatic carbocycles. The van der Waals surface area contributed by atoms with Crippen molar-refractivity contribution >= 4 is 0 Å². The average molecular weight is 376 g/mol. The Morgan fingerprint density at radius 1 is 1.07 bits per heavy atom. The highest BCUT2D eigenvalue weighted by atomic mass is 16.5. The fraction of sp³-hybridized carbons (Fsp3) is 0.273. The van der Waals surface area contributed by atoms with Crippen LogP contribution in [0.5, 0.6) is 11.5 Å². The molecule has 1 N–H and O–H groups in total. The van der Waals surface area contributed by atoms with E-state index in [1.165, 1.54) is 0 Å². The second-order valence-electron chi connectivity index (χ2n) is 6.24. The Morgan fingerprint density at radius 2 is 1.82 bits per heavy atom. The number of nitrogens with one attached hydrogen (secondary N) is 1. The maximum absolute atomic E-state index is 8.82. The molecule has 1 heterocycles. The third kappa shape index (κ3) is 5.35. The Hall–Kier alpha value is -3.30. The van der Waals surface area contributed by atoms with Gasteiger partial charge in [0.15, 0.2) is 0 Å². The second-order valence-corrected chi connectivity index (χ2v) is 6.24. The summed E-state index contributed by atoms with van der Waals surface area (Å²) in [5, 5.41) is 16.9. The van der Waals surface area contributed by atoms with Crippen LogP contribution in [0, 0.1) is 11.3 Å². The van der Waals surface area contributed by atoms with Crippen LogP contribution in [0.4, 0.5) is 0 Å². The van der Waals surface area contributed by atoms with Crippen molar-refractivity contribution in [3.63, 3.8) is 0 Å². The van der Waals surface area contributed by atoms with Crippen molar-refractivity contribution in [2.45, 2.75) is 19.5 Å². The van der Waals surface area contributed by atoms with E-state index in [2.05, 4.69) is 16.5 Å². The molecule has 0 aliphatic rings. The van der Waals surface area contributed by atoms with Gasteiger partial charge in [0.2, 0.25) is 0 Å². The first-order valence-corrected chi connectivity index (χ1v) is 9.26. The van der Waals surface area contributed by atoms with Crippen LogP contribution in [0.25, 0.3) is 11.3 Å². The molecule has 6 heteroatoms. The predicted octanol–water partition coefficient (Wildman–Crippen LogP) is 3.64. The largest absolute Gasteiger partial charge is 0.497 e. The molecule has 28 heavy (non-hydrogen) atoms. The maximum atomic E-state index is 8.82. The molecule has 0 amide bonds. The number of aromatic nitrogens is 2. The molecule has 1 aromatic heterocycles. The van der Waals surface area contributed by atoms with E-state index in [0.717, 1.165) is 28.3 Å². The number of nitrogens with zero attached hydrogens (tertiary/aromatic N) is 3. The van der Waals surface area contributed by atoms with Crippen molar-refractivity contribution in [3.8, 4) is 28.8 Å². The van der Waals surface area contributed by atoms with E-state index in [9.17, 15) is 0 Å². The highest BCUT2D eigenvalue weighted by molar-refractivity contribution is 5.62. The second kappa shape index (κ2) is 10.1. The van der Waals surface area contributed by atoms with E-state index < -0.39 is 0 Å². The van der Waals surface area contributed by atoms with Gasteiger partial charge >= 0.3 is 0 Å². The summed E-state index contributed by atoms with van der Waals surface area (Å²) in [4.78, 5) is 0. The summed E-state index contributed by atoms with van der Waals surface area (Å²) in [6.07, 6.45) is 2.45. The quantitative estimate of drug-likeness (QED) is 0.547. The lowest BCUT2D eigenvalue weighted by atomic mass is 10.1. The molecule has 144 valence electrons. The Kier molecular flexibility index (Phi) is 7.05. The van der Waals surface area contributed by atoms with Gasteiger partial charge in [-0.2, -0.15) is 10.4 Å². The molecule has 0 bridgehead atoms. The monoisotopic (exact) mass is 376 g/mol. The molecule has 0 saturated heterocycles. The van der Waals surface area contributed by atoms with Gasteiger partial charge in [0.25, 0.3) is 0 Å². The number of benzene rings is 2.